The van der Waals surface area contributed by atoms with Crippen LogP contribution in [0.1, 0.15) is 18.1 Å². The molecule has 10 heteroatoms. The number of carbonyl (C=O) groups is 1. The van der Waals surface area contributed by atoms with Gasteiger partial charge in [0.15, 0.2) is 5.16 Å². The molecule has 1 atom stereocenters. The molecule has 3 aromatic rings. The molecule has 3 rings (SSSR count). The highest BCUT2D eigenvalue weighted by Gasteiger charge is 2.21. The van der Waals surface area contributed by atoms with Gasteiger partial charge in [-0.2, -0.15) is 0 Å². The summed E-state index contributed by atoms with van der Waals surface area (Å²) >= 11 is 1.28. The molecule has 0 aliphatic rings. The summed E-state index contributed by atoms with van der Waals surface area (Å²) in [5.41, 5.74) is 3.61. The summed E-state index contributed by atoms with van der Waals surface area (Å²) in [5, 5.41) is 11.1. The Hall–Kier alpha value is -2.69. The van der Waals surface area contributed by atoms with Crippen molar-refractivity contribution < 1.29 is 13.2 Å². The third kappa shape index (κ3) is 5.15. The number of sulfonamides is 1. The highest BCUT2D eigenvalue weighted by atomic mass is 32.2. The van der Waals surface area contributed by atoms with Gasteiger partial charge in [-0.05, 0) is 50.6 Å². The lowest BCUT2D eigenvalue weighted by atomic mass is 10.1. The number of carbonyl (C=O) groups excluding carboxylic acids is 1. The fourth-order valence-corrected chi connectivity index (χ4v) is 4.73. The molecule has 1 amide bonds. The van der Waals surface area contributed by atoms with E-state index >= 15 is 0 Å². The number of thioether (sulfide) groups is 1. The van der Waals surface area contributed by atoms with Gasteiger partial charge in [0.2, 0.25) is 15.9 Å². The van der Waals surface area contributed by atoms with E-state index in [2.05, 4.69) is 21.6 Å². The summed E-state index contributed by atoms with van der Waals surface area (Å²) in [7, 11) is -0.658. The Balaban J connectivity index is 1.75. The van der Waals surface area contributed by atoms with Crippen molar-refractivity contribution in [1.82, 2.24) is 19.1 Å². The van der Waals surface area contributed by atoms with Crippen LogP contribution < -0.4 is 5.32 Å². The maximum absolute atomic E-state index is 12.7. The molecule has 2 aromatic carbocycles. The number of aryl methyl sites for hydroxylation is 2. The molecule has 0 saturated carbocycles. The molecule has 1 aromatic heterocycles. The van der Waals surface area contributed by atoms with E-state index in [9.17, 15) is 13.2 Å². The van der Waals surface area contributed by atoms with Crippen LogP contribution in [0.25, 0.3) is 5.69 Å². The summed E-state index contributed by atoms with van der Waals surface area (Å²) in [6.45, 7) is 5.81. The molecule has 8 nitrogen and oxygen atoms in total. The predicted molar refractivity (Wildman–Crippen MR) is 122 cm³/mol. The van der Waals surface area contributed by atoms with Gasteiger partial charge in [-0.25, -0.2) is 12.7 Å². The molecule has 0 saturated heterocycles. The molecule has 0 bridgehead atoms. The zero-order chi connectivity index (χ0) is 22.8. The third-order valence-electron chi connectivity index (χ3n) is 4.66. The summed E-state index contributed by atoms with van der Waals surface area (Å²) in [4.78, 5) is 12.9. The Bertz CT molecular complexity index is 1210. The van der Waals surface area contributed by atoms with Crippen molar-refractivity contribution in [2.75, 3.05) is 19.4 Å². The van der Waals surface area contributed by atoms with Crippen molar-refractivity contribution in [3.8, 4) is 5.69 Å². The van der Waals surface area contributed by atoms with Crippen LogP contribution in [0, 0.1) is 13.8 Å². The number of rotatable bonds is 7. The standard InChI is InChI=1S/C21H25N5O3S2/c1-14-9-10-19(15(2)11-14)26-13-22-24-21(26)30-16(3)20(27)23-17-7-6-8-18(12-17)31(28,29)25(4)5/h6-13,16H,1-5H3,(H,23,27). The van der Waals surface area contributed by atoms with E-state index in [0.717, 1.165) is 21.1 Å². The number of hydrogen-bond donors (Lipinski definition) is 1. The monoisotopic (exact) mass is 459 g/mol. The van der Waals surface area contributed by atoms with Gasteiger partial charge < -0.3 is 5.32 Å². The molecule has 1 heterocycles. The quantitative estimate of drug-likeness (QED) is 0.545. The second kappa shape index (κ2) is 9.21. The summed E-state index contributed by atoms with van der Waals surface area (Å²) in [6.07, 6.45) is 1.63. The minimum absolute atomic E-state index is 0.116. The number of nitrogens with zero attached hydrogens (tertiary/aromatic N) is 4. The van der Waals surface area contributed by atoms with Gasteiger partial charge in [0.25, 0.3) is 0 Å². The lowest BCUT2D eigenvalue weighted by molar-refractivity contribution is -0.115. The van der Waals surface area contributed by atoms with E-state index in [-0.39, 0.29) is 10.8 Å². The van der Waals surface area contributed by atoms with E-state index in [0.29, 0.717) is 10.8 Å². The number of anilines is 1. The first-order valence-corrected chi connectivity index (χ1v) is 11.9. The van der Waals surface area contributed by atoms with Crippen LogP contribution in [0.5, 0.6) is 0 Å². The van der Waals surface area contributed by atoms with Crippen molar-refractivity contribution in [3.63, 3.8) is 0 Å². The maximum atomic E-state index is 12.7. The minimum Gasteiger partial charge on any atom is -0.325 e. The number of nitrogens with one attached hydrogen (secondary N) is 1. The lowest BCUT2D eigenvalue weighted by Crippen LogP contribution is -2.24. The largest absolute Gasteiger partial charge is 0.325 e. The number of benzene rings is 2. The van der Waals surface area contributed by atoms with E-state index in [1.54, 1.807) is 25.4 Å². The van der Waals surface area contributed by atoms with E-state index in [1.165, 1.54) is 38.0 Å². The summed E-state index contributed by atoms with van der Waals surface area (Å²) < 4.78 is 27.6. The fourth-order valence-electron chi connectivity index (χ4n) is 2.95. The molecule has 31 heavy (non-hydrogen) atoms. The first-order chi connectivity index (χ1) is 14.6. The summed E-state index contributed by atoms with van der Waals surface area (Å²) in [5.74, 6) is -0.264. The highest BCUT2D eigenvalue weighted by Crippen LogP contribution is 2.27. The Morgan fingerprint density at radius 2 is 1.90 bits per heavy atom. The van der Waals surface area contributed by atoms with Crippen molar-refractivity contribution in [2.24, 2.45) is 0 Å². The molecule has 0 fully saturated rings. The van der Waals surface area contributed by atoms with Crippen molar-refractivity contribution >= 4 is 33.4 Å². The molecule has 0 radical (unpaired) electrons. The van der Waals surface area contributed by atoms with Gasteiger partial charge in [0, 0.05) is 19.8 Å². The second-order valence-corrected chi connectivity index (χ2v) is 10.8. The zero-order valence-electron chi connectivity index (χ0n) is 18.0. The molecule has 0 aliphatic heterocycles. The highest BCUT2D eigenvalue weighted by molar-refractivity contribution is 8.00. The van der Waals surface area contributed by atoms with E-state index in [4.69, 9.17) is 0 Å². The average molecular weight is 460 g/mol. The van der Waals surface area contributed by atoms with Gasteiger partial charge in [-0.1, -0.05) is 35.5 Å². The van der Waals surface area contributed by atoms with Crippen molar-refractivity contribution in [3.05, 3.63) is 59.9 Å². The Labute approximate surface area is 186 Å². The molecule has 0 aliphatic carbocycles. The average Bonchev–Trinajstić information content (AvgIpc) is 3.15. The summed E-state index contributed by atoms with van der Waals surface area (Å²) in [6, 6.07) is 12.3. The van der Waals surface area contributed by atoms with E-state index < -0.39 is 15.3 Å². The van der Waals surface area contributed by atoms with Crippen LogP contribution in [0.2, 0.25) is 0 Å². The number of hydrogen-bond acceptors (Lipinski definition) is 6. The predicted octanol–water partition coefficient (Wildman–Crippen LogP) is 3.25. The molecule has 1 N–H and O–H groups in total. The van der Waals surface area contributed by atoms with Crippen molar-refractivity contribution in [1.29, 1.82) is 0 Å². The Morgan fingerprint density at radius 1 is 1.16 bits per heavy atom. The number of amides is 1. The molecule has 0 spiro atoms. The first kappa shape index (κ1) is 23.0. The first-order valence-electron chi connectivity index (χ1n) is 9.57. The zero-order valence-corrected chi connectivity index (χ0v) is 19.7. The maximum Gasteiger partial charge on any atom is 0.242 e. The smallest absolute Gasteiger partial charge is 0.242 e. The van der Waals surface area contributed by atoms with Gasteiger partial charge in [-0.3, -0.25) is 9.36 Å². The normalized spacial score (nSPS) is 12.7. The second-order valence-electron chi connectivity index (χ2n) is 7.34. The topological polar surface area (TPSA) is 97.2 Å². The molecule has 164 valence electrons. The van der Waals surface area contributed by atoms with Crippen LogP contribution in [-0.4, -0.2) is 52.7 Å². The van der Waals surface area contributed by atoms with Crippen LogP contribution in [0.15, 0.2) is 58.8 Å². The number of aromatic nitrogens is 3. The van der Waals surface area contributed by atoms with Crippen molar-refractivity contribution in [2.45, 2.75) is 36.1 Å². The van der Waals surface area contributed by atoms with Gasteiger partial charge in [0.1, 0.15) is 6.33 Å². The fraction of sp³-hybridized carbons (Fsp3) is 0.286. The van der Waals surface area contributed by atoms with Gasteiger partial charge >= 0.3 is 0 Å². The molecular weight excluding hydrogens is 434 g/mol. The minimum atomic E-state index is -3.58. The Kier molecular flexibility index (Phi) is 6.83. The molecular formula is C21H25N5O3S2. The lowest BCUT2D eigenvalue weighted by Gasteiger charge is -2.15. The third-order valence-corrected chi connectivity index (χ3v) is 7.53. The van der Waals surface area contributed by atoms with Gasteiger partial charge in [0.05, 0.1) is 15.8 Å². The van der Waals surface area contributed by atoms with Gasteiger partial charge in [-0.15, -0.1) is 10.2 Å². The SMILES string of the molecule is Cc1ccc(-n2cnnc2SC(C)C(=O)Nc2cccc(S(=O)(=O)N(C)C)c2)c(C)c1. The van der Waals surface area contributed by atoms with Crippen LogP contribution in [0.4, 0.5) is 5.69 Å². The van der Waals surface area contributed by atoms with Crippen LogP contribution in [-0.2, 0) is 14.8 Å². The van der Waals surface area contributed by atoms with Crippen LogP contribution >= 0.6 is 11.8 Å². The van der Waals surface area contributed by atoms with E-state index in [1.807, 2.05) is 30.5 Å². The molecule has 1 unspecified atom stereocenters. The van der Waals surface area contributed by atoms with Crippen LogP contribution in [0.3, 0.4) is 0 Å². The Morgan fingerprint density at radius 3 is 2.58 bits per heavy atom.